The van der Waals surface area contributed by atoms with Crippen molar-refractivity contribution in [1.82, 2.24) is 30.4 Å². The normalized spacial score (nSPS) is 19.8. The molecule has 4 amide bonds. The summed E-state index contributed by atoms with van der Waals surface area (Å²) in [6.45, 7) is 1.39. The average Bonchev–Trinajstić information content (AvgIpc) is 3.69. The Morgan fingerprint density at radius 1 is 1.02 bits per heavy atom. The summed E-state index contributed by atoms with van der Waals surface area (Å²) in [4.78, 5) is 72.7. The number of aryl methyl sites for hydroxylation is 1. The first-order chi connectivity index (χ1) is 28.2. The van der Waals surface area contributed by atoms with Crippen molar-refractivity contribution in [1.29, 1.82) is 0 Å². The summed E-state index contributed by atoms with van der Waals surface area (Å²) in [6.07, 6.45) is 7.79. The number of imide groups is 1. The summed E-state index contributed by atoms with van der Waals surface area (Å²) < 4.78 is 56.7. The van der Waals surface area contributed by atoms with Gasteiger partial charge in [-0.15, -0.1) is 0 Å². The Balaban J connectivity index is 1.00. The predicted octanol–water partition coefficient (Wildman–Crippen LogP) is 2.51. The van der Waals surface area contributed by atoms with Gasteiger partial charge in [0.2, 0.25) is 11.8 Å². The van der Waals surface area contributed by atoms with E-state index in [0.717, 1.165) is 29.8 Å². The zero-order valence-electron chi connectivity index (χ0n) is 32.4. The van der Waals surface area contributed by atoms with Crippen molar-refractivity contribution in [2.45, 2.75) is 57.2 Å². The van der Waals surface area contributed by atoms with Crippen molar-refractivity contribution in [3.8, 4) is 0 Å². The lowest BCUT2D eigenvalue weighted by molar-refractivity contribution is -0.137. The maximum Gasteiger partial charge on any atom is 0.260 e. The smallest absolute Gasteiger partial charge is 0.260 e. The van der Waals surface area contributed by atoms with Crippen LogP contribution < -0.4 is 31.7 Å². The number of halogens is 2. The summed E-state index contributed by atoms with van der Waals surface area (Å²) in [5, 5.41) is 12.0. The average molecular weight is 829 g/mol. The van der Waals surface area contributed by atoms with Crippen LogP contribution in [0.5, 0.6) is 0 Å². The number of rotatable bonds is 12. The highest BCUT2D eigenvalue weighted by Crippen LogP contribution is 2.47. The fourth-order valence-corrected chi connectivity index (χ4v) is 9.47. The number of hydrogen-bond acceptors (Lipinski definition) is 11. The molecule has 4 N–H and O–H groups in total. The predicted molar refractivity (Wildman–Crippen MR) is 214 cm³/mol. The highest BCUT2D eigenvalue weighted by atomic mass is 32.2. The molecule has 2 unspecified atom stereocenters. The SMILES string of the molecule is Cn1ccc2c(c1=O)C1=C3C(=CN(c4ncc(F)cc4F)C3CCN1)C(C(=O)NCCCCCNc1cccc3c1CN(C1CCC(=O)NC1=O)C3=O)=C2CS(C)(=O)=O. The maximum atomic E-state index is 15.3. The first-order valence-electron chi connectivity index (χ1n) is 19.4. The zero-order chi connectivity index (χ0) is 41.7. The summed E-state index contributed by atoms with van der Waals surface area (Å²) in [5.74, 6) is -4.17. The third kappa shape index (κ3) is 7.41. The zero-order valence-corrected chi connectivity index (χ0v) is 33.2. The Morgan fingerprint density at radius 2 is 1.81 bits per heavy atom. The molecule has 1 saturated heterocycles. The molecule has 15 nitrogen and oxygen atoms in total. The fourth-order valence-electron chi connectivity index (χ4n) is 8.64. The molecule has 2 atom stereocenters. The first kappa shape index (κ1) is 39.6. The number of aromatic nitrogens is 2. The molecule has 308 valence electrons. The Morgan fingerprint density at radius 3 is 2.58 bits per heavy atom. The lowest BCUT2D eigenvalue weighted by Crippen LogP contribution is -2.52. The molecule has 4 aliphatic heterocycles. The monoisotopic (exact) mass is 828 g/mol. The van der Waals surface area contributed by atoms with E-state index in [1.807, 2.05) is 6.07 Å². The van der Waals surface area contributed by atoms with Crippen LogP contribution in [0.2, 0.25) is 0 Å². The third-order valence-corrected chi connectivity index (χ3v) is 12.1. The van der Waals surface area contributed by atoms with Crippen molar-refractivity contribution >= 4 is 56.2 Å². The second-order valence-electron chi connectivity index (χ2n) is 15.3. The van der Waals surface area contributed by atoms with Crippen LogP contribution in [-0.4, -0.2) is 90.2 Å². The van der Waals surface area contributed by atoms with Gasteiger partial charge in [0, 0.05) is 92.3 Å². The van der Waals surface area contributed by atoms with E-state index < -0.39 is 56.7 Å². The van der Waals surface area contributed by atoms with Crippen LogP contribution in [0.1, 0.15) is 65.6 Å². The number of unbranched alkanes of at least 4 members (excludes halogenated alkanes) is 2. The molecular formula is C41H42F2N8O7S. The van der Waals surface area contributed by atoms with Gasteiger partial charge in [-0.3, -0.25) is 29.3 Å². The molecular weight excluding hydrogens is 787 g/mol. The lowest BCUT2D eigenvalue weighted by Gasteiger charge is -2.32. The number of fused-ring (bicyclic) bond motifs is 3. The second-order valence-corrected chi connectivity index (χ2v) is 17.5. The summed E-state index contributed by atoms with van der Waals surface area (Å²) in [7, 11) is -2.21. The number of sulfone groups is 1. The number of benzene rings is 1. The van der Waals surface area contributed by atoms with E-state index >= 15 is 4.39 Å². The van der Waals surface area contributed by atoms with Gasteiger partial charge in [-0.1, -0.05) is 6.07 Å². The molecule has 3 aromatic rings. The Hall–Kier alpha value is -6.17. The van der Waals surface area contributed by atoms with Crippen LogP contribution in [0.25, 0.3) is 11.3 Å². The van der Waals surface area contributed by atoms with Crippen LogP contribution in [0.3, 0.4) is 0 Å². The summed E-state index contributed by atoms with van der Waals surface area (Å²) >= 11 is 0. The van der Waals surface area contributed by atoms with E-state index in [1.54, 1.807) is 25.2 Å². The molecule has 6 heterocycles. The number of piperidine rings is 1. The highest BCUT2D eigenvalue weighted by molar-refractivity contribution is 7.91. The Kier molecular flexibility index (Phi) is 10.4. The Labute approximate surface area is 338 Å². The maximum absolute atomic E-state index is 15.3. The van der Waals surface area contributed by atoms with E-state index in [9.17, 15) is 36.8 Å². The van der Waals surface area contributed by atoms with Crippen molar-refractivity contribution < 1.29 is 36.4 Å². The highest BCUT2D eigenvalue weighted by Gasteiger charge is 2.44. The van der Waals surface area contributed by atoms with Gasteiger partial charge in [0.25, 0.3) is 17.4 Å². The summed E-state index contributed by atoms with van der Waals surface area (Å²) in [5.41, 5.74) is 3.53. The molecule has 0 bridgehead atoms. The number of anilines is 2. The van der Waals surface area contributed by atoms with Crippen LogP contribution in [-0.2, 0) is 37.8 Å². The molecule has 0 saturated carbocycles. The number of hydrogen-bond donors (Lipinski definition) is 4. The van der Waals surface area contributed by atoms with Crippen LogP contribution in [0.4, 0.5) is 20.3 Å². The molecule has 0 radical (unpaired) electrons. The molecule has 1 aromatic carbocycles. The molecule has 0 spiro atoms. The van der Waals surface area contributed by atoms with Crippen LogP contribution in [0, 0.1) is 11.6 Å². The van der Waals surface area contributed by atoms with Crippen LogP contribution in [0.15, 0.2) is 70.4 Å². The van der Waals surface area contributed by atoms with Gasteiger partial charge in [0.05, 0.1) is 34.8 Å². The fraction of sp³-hybridized carbons (Fsp3) is 0.366. The number of nitrogens with zero attached hydrogens (tertiary/aromatic N) is 4. The molecule has 59 heavy (non-hydrogen) atoms. The van der Waals surface area contributed by atoms with Crippen molar-refractivity contribution in [3.05, 3.63) is 110 Å². The minimum Gasteiger partial charge on any atom is -0.385 e. The number of carbonyl (C=O) groups excluding carboxylic acids is 4. The molecule has 18 heteroatoms. The third-order valence-electron chi connectivity index (χ3n) is 11.3. The van der Waals surface area contributed by atoms with Crippen molar-refractivity contribution in [2.24, 2.45) is 7.05 Å². The minimum absolute atomic E-state index is 0.0362. The quantitative estimate of drug-likeness (QED) is 0.155. The summed E-state index contributed by atoms with van der Waals surface area (Å²) in [6, 6.07) is 6.39. The molecule has 8 rings (SSSR count). The van der Waals surface area contributed by atoms with Gasteiger partial charge in [0.1, 0.15) is 11.9 Å². The largest absolute Gasteiger partial charge is 0.385 e. The van der Waals surface area contributed by atoms with Crippen LogP contribution >= 0.6 is 0 Å². The van der Waals surface area contributed by atoms with E-state index in [0.29, 0.717) is 66.7 Å². The number of pyridine rings is 2. The minimum atomic E-state index is -3.78. The number of carbonyl (C=O) groups is 4. The standard InChI is InChI=1S/C41H42F2N8O7S/c1-49-16-12-23-27(21-59(2,57)58)33(26-20-50(37-28(43)17-22(42)18-47-37)30-11-15-45-36(34(26)30)35(23)41(49)56)39(54)46-14-5-3-4-13-44-29-8-6-7-24-25(29)19-51(40(24)55)31-9-10-32(52)48-38(31)53/h6-8,12,16-18,20,30-31,44-45H,3-5,9-11,13-15,19,21H2,1-2H3,(H,46,54)(H,48,52,53). The van der Waals surface area contributed by atoms with Gasteiger partial charge < -0.3 is 30.3 Å². The van der Waals surface area contributed by atoms with E-state index in [1.165, 1.54) is 26.8 Å². The topological polar surface area (TPSA) is 192 Å². The lowest BCUT2D eigenvalue weighted by atomic mass is 9.89. The van der Waals surface area contributed by atoms with Gasteiger partial charge in [-0.25, -0.2) is 22.2 Å². The van der Waals surface area contributed by atoms with Gasteiger partial charge in [-0.05, 0) is 61.4 Å². The van der Waals surface area contributed by atoms with E-state index in [2.05, 4.69) is 26.3 Å². The molecule has 2 aromatic heterocycles. The molecule has 1 aliphatic carbocycles. The van der Waals surface area contributed by atoms with Crippen molar-refractivity contribution in [3.63, 3.8) is 0 Å². The van der Waals surface area contributed by atoms with E-state index in [-0.39, 0.29) is 60.3 Å². The first-order valence-corrected chi connectivity index (χ1v) is 21.5. The van der Waals surface area contributed by atoms with Gasteiger partial charge in [0.15, 0.2) is 21.5 Å². The Bertz CT molecular complexity index is 2600. The number of nitrogens with one attached hydrogen (secondary N) is 4. The van der Waals surface area contributed by atoms with Gasteiger partial charge in [-0.2, -0.15) is 0 Å². The van der Waals surface area contributed by atoms with Gasteiger partial charge >= 0.3 is 0 Å². The van der Waals surface area contributed by atoms with Crippen molar-refractivity contribution in [2.75, 3.05) is 41.9 Å². The molecule has 5 aliphatic rings. The van der Waals surface area contributed by atoms with E-state index in [4.69, 9.17) is 0 Å². The molecule has 1 fully saturated rings. The number of amides is 4. The second kappa shape index (κ2) is 15.5.